The van der Waals surface area contributed by atoms with E-state index in [0.717, 1.165) is 0 Å². The smallest absolute Gasteiger partial charge is 0.141 e. The van der Waals surface area contributed by atoms with Gasteiger partial charge in [-0.15, -0.1) is 0 Å². The Balaban J connectivity index is 2.17. The van der Waals surface area contributed by atoms with E-state index in [1.165, 1.54) is 24.5 Å². The van der Waals surface area contributed by atoms with Gasteiger partial charge in [-0.3, -0.25) is 4.68 Å². The van der Waals surface area contributed by atoms with Gasteiger partial charge in [-0.1, -0.05) is 17.7 Å². The van der Waals surface area contributed by atoms with Crippen molar-refractivity contribution >= 4 is 11.6 Å². The molecule has 0 radical (unpaired) electrons. The highest BCUT2D eigenvalue weighted by Gasteiger charge is 2.13. The molecule has 0 aliphatic carbocycles. The third kappa shape index (κ3) is 2.62. The topological polar surface area (TPSA) is 50.9 Å². The van der Waals surface area contributed by atoms with Crippen molar-refractivity contribution in [2.75, 3.05) is 0 Å². The van der Waals surface area contributed by atoms with Crippen molar-refractivity contribution in [3.63, 3.8) is 0 Å². The van der Waals surface area contributed by atoms with Crippen molar-refractivity contribution in [3.8, 4) is 0 Å². The molecule has 1 unspecified atom stereocenters. The molecule has 1 aromatic heterocycles. The molecule has 0 saturated heterocycles. The van der Waals surface area contributed by atoms with Crippen LogP contribution in [0, 0.1) is 5.82 Å². The maximum atomic E-state index is 13.0. The average Bonchev–Trinajstić information content (AvgIpc) is 2.68. The first kappa shape index (κ1) is 12.0. The highest BCUT2D eigenvalue weighted by molar-refractivity contribution is 6.30. The van der Waals surface area contributed by atoms with Crippen LogP contribution in [0.15, 0.2) is 24.5 Å². The number of aryl methyl sites for hydroxylation is 1. The zero-order chi connectivity index (χ0) is 12.4. The molecule has 4 nitrogen and oxygen atoms in total. The highest BCUT2D eigenvalue weighted by Crippen LogP contribution is 2.22. The lowest BCUT2D eigenvalue weighted by atomic mass is 10.1. The fraction of sp³-hybridized carbons (Fsp3) is 0.273. The first-order valence-corrected chi connectivity index (χ1v) is 5.41. The van der Waals surface area contributed by atoms with Gasteiger partial charge in [-0.25, -0.2) is 9.37 Å². The second-order valence-electron chi connectivity index (χ2n) is 3.69. The second-order valence-corrected chi connectivity index (χ2v) is 4.10. The molecule has 1 N–H and O–H groups in total. The molecule has 6 heteroatoms. The maximum Gasteiger partial charge on any atom is 0.141 e. The van der Waals surface area contributed by atoms with Crippen LogP contribution in [0.4, 0.5) is 4.39 Å². The lowest BCUT2D eigenvalue weighted by Crippen LogP contribution is -2.07. The first-order chi connectivity index (χ1) is 8.08. The molecule has 0 bridgehead atoms. The summed E-state index contributed by atoms with van der Waals surface area (Å²) < 4.78 is 14.5. The van der Waals surface area contributed by atoms with Gasteiger partial charge in [-0.05, 0) is 17.7 Å². The summed E-state index contributed by atoms with van der Waals surface area (Å²) in [4.78, 5) is 4.01. The summed E-state index contributed by atoms with van der Waals surface area (Å²) in [5.41, 5.74) is 0.555. The Morgan fingerprint density at radius 3 is 2.88 bits per heavy atom. The van der Waals surface area contributed by atoms with E-state index in [1.54, 1.807) is 11.7 Å². The van der Waals surface area contributed by atoms with Crippen LogP contribution < -0.4 is 0 Å². The number of aliphatic hydroxyl groups is 1. The van der Waals surface area contributed by atoms with Crippen molar-refractivity contribution in [2.24, 2.45) is 7.05 Å². The van der Waals surface area contributed by atoms with E-state index in [9.17, 15) is 9.50 Å². The van der Waals surface area contributed by atoms with Crippen LogP contribution in [-0.4, -0.2) is 19.9 Å². The lowest BCUT2D eigenvalue weighted by molar-refractivity contribution is 0.174. The minimum atomic E-state index is -0.781. The molecule has 1 atom stereocenters. The van der Waals surface area contributed by atoms with Crippen LogP contribution >= 0.6 is 11.6 Å². The minimum Gasteiger partial charge on any atom is -0.388 e. The summed E-state index contributed by atoms with van der Waals surface area (Å²) in [6.45, 7) is 0. The molecular weight excluding hydrogens is 245 g/mol. The highest BCUT2D eigenvalue weighted by atomic mass is 35.5. The summed E-state index contributed by atoms with van der Waals surface area (Å²) >= 11 is 5.65. The van der Waals surface area contributed by atoms with E-state index in [2.05, 4.69) is 10.1 Å². The van der Waals surface area contributed by atoms with Crippen molar-refractivity contribution in [2.45, 2.75) is 12.5 Å². The molecule has 0 amide bonds. The predicted molar refractivity (Wildman–Crippen MR) is 61.1 cm³/mol. The van der Waals surface area contributed by atoms with Gasteiger partial charge in [0.05, 0.1) is 11.1 Å². The Kier molecular flexibility index (Phi) is 3.40. The number of hydrogen-bond acceptors (Lipinski definition) is 3. The Labute approximate surface area is 103 Å². The molecule has 1 aromatic carbocycles. The van der Waals surface area contributed by atoms with Crippen molar-refractivity contribution in [1.82, 2.24) is 14.8 Å². The van der Waals surface area contributed by atoms with Gasteiger partial charge in [0, 0.05) is 13.5 Å². The Bertz CT molecular complexity index is 529. The van der Waals surface area contributed by atoms with Crippen LogP contribution in [0.2, 0.25) is 5.02 Å². The van der Waals surface area contributed by atoms with E-state index in [0.29, 0.717) is 17.8 Å². The molecule has 2 rings (SSSR count). The molecule has 0 spiro atoms. The summed E-state index contributed by atoms with van der Waals surface area (Å²) in [5.74, 6) is 0.152. The van der Waals surface area contributed by atoms with Gasteiger partial charge in [0.15, 0.2) is 0 Å². The summed E-state index contributed by atoms with van der Waals surface area (Å²) in [7, 11) is 1.74. The Morgan fingerprint density at radius 1 is 1.53 bits per heavy atom. The molecule has 0 saturated carbocycles. The Hall–Kier alpha value is -1.46. The second kappa shape index (κ2) is 4.81. The van der Waals surface area contributed by atoms with E-state index in [1.807, 2.05) is 0 Å². The molecule has 0 aliphatic heterocycles. The van der Waals surface area contributed by atoms with Crippen LogP contribution in [0.1, 0.15) is 17.5 Å². The quantitative estimate of drug-likeness (QED) is 0.911. The predicted octanol–water partition coefficient (Wildman–Crippen LogP) is 1.88. The normalized spacial score (nSPS) is 12.7. The van der Waals surface area contributed by atoms with Crippen LogP contribution in [0.25, 0.3) is 0 Å². The van der Waals surface area contributed by atoms with Gasteiger partial charge in [0.1, 0.15) is 18.0 Å². The summed E-state index contributed by atoms with van der Waals surface area (Å²) in [6, 6.07) is 4.15. The average molecular weight is 256 g/mol. The van der Waals surface area contributed by atoms with Crippen molar-refractivity contribution in [1.29, 1.82) is 0 Å². The largest absolute Gasteiger partial charge is 0.388 e. The number of aliphatic hydroxyl groups excluding tert-OH is 1. The van der Waals surface area contributed by atoms with E-state index in [4.69, 9.17) is 11.6 Å². The molecule has 0 aliphatic rings. The van der Waals surface area contributed by atoms with E-state index in [-0.39, 0.29) is 5.02 Å². The summed E-state index contributed by atoms with van der Waals surface area (Å²) in [5, 5.41) is 13.9. The van der Waals surface area contributed by atoms with Crippen molar-refractivity contribution < 1.29 is 9.50 Å². The molecule has 0 fully saturated rings. The third-order valence-corrected chi connectivity index (χ3v) is 2.80. The van der Waals surface area contributed by atoms with Crippen LogP contribution in [0.5, 0.6) is 0 Å². The number of benzene rings is 1. The number of hydrogen-bond donors (Lipinski definition) is 1. The van der Waals surface area contributed by atoms with Gasteiger partial charge in [0.25, 0.3) is 0 Å². The van der Waals surface area contributed by atoms with Gasteiger partial charge >= 0.3 is 0 Å². The SMILES string of the molecule is Cn1ncnc1CC(O)c1ccc(F)c(Cl)c1. The fourth-order valence-corrected chi connectivity index (χ4v) is 1.70. The lowest BCUT2D eigenvalue weighted by Gasteiger charge is -2.10. The minimum absolute atomic E-state index is 0.000449. The van der Waals surface area contributed by atoms with Crippen LogP contribution in [-0.2, 0) is 13.5 Å². The number of rotatable bonds is 3. The maximum absolute atomic E-state index is 13.0. The van der Waals surface area contributed by atoms with E-state index < -0.39 is 11.9 Å². The zero-order valence-electron chi connectivity index (χ0n) is 9.14. The standard InChI is InChI=1S/C11H11ClFN3O/c1-16-11(14-6-15-16)5-10(17)7-2-3-9(13)8(12)4-7/h2-4,6,10,17H,5H2,1H3. The molecule has 90 valence electrons. The monoisotopic (exact) mass is 255 g/mol. The third-order valence-electron chi connectivity index (χ3n) is 2.51. The molecule has 17 heavy (non-hydrogen) atoms. The first-order valence-electron chi connectivity index (χ1n) is 5.04. The number of nitrogens with zero attached hydrogens (tertiary/aromatic N) is 3. The molecule has 1 heterocycles. The van der Waals surface area contributed by atoms with Crippen LogP contribution in [0.3, 0.4) is 0 Å². The molecular formula is C11H11ClFN3O. The van der Waals surface area contributed by atoms with Crippen molar-refractivity contribution in [3.05, 3.63) is 46.8 Å². The summed E-state index contributed by atoms with van der Waals surface area (Å²) in [6.07, 6.45) is 0.939. The zero-order valence-corrected chi connectivity index (χ0v) is 9.89. The Morgan fingerprint density at radius 2 is 2.29 bits per heavy atom. The number of aromatic nitrogens is 3. The number of halogens is 2. The molecule has 2 aromatic rings. The van der Waals surface area contributed by atoms with Gasteiger partial charge in [0.2, 0.25) is 0 Å². The fourth-order valence-electron chi connectivity index (χ4n) is 1.52. The van der Waals surface area contributed by atoms with Gasteiger partial charge < -0.3 is 5.11 Å². The van der Waals surface area contributed by atoms with E-state index >= 15 is 0 Å². The van der Waals surface area contributed by atoms with Gasteiger partial charge in [-0.2, -0.15) is 5.10 Å².